The van der Waals surface area contributed by atoms with Gasteiger partial charge in [-0.1, -0.05) is 23.7 Å². The summed E-state index contributed by atoms with van der Waals surface area (Å²) in [4.78, 5) is 10.1. The summed E-state index contributed by atoms with van der Waals surface area (Å²) in [5, 5.41) is 3.43. The Hall–Kier alpha value is -1.02. The van der Waals surface area contributed by atoms with E-state index in [2.05, 4.69) is 5.32 Å². The fraction of sp³-hybridized carbons (Fsp3) is 0.300. The van der Waals surface area contributed by atoms with Crippen LogP contribution >= 0.6 is 11.6 Å². The first-order valence-corrected chi connectivity index (χ1v) is 4.54. The highest BCUT2D eigenvalue weighted by atomic mass is 35.5. The summed E-state index contributed by atoms with van der Waals surface area (Å²) < 4.78 is 0. The van der Waals surface area contributed by atoms with E-state index in [1.54, 1.807) is 0 Å². The van der Waals surface area contributed by atoms with Crippen LogP contribution in [0.3, 0.4) is 0 Å². The highest BCUT2D eigenvalue weighted by Gasteiger charge is 2.00. The van der Waals surface area contributed by atoms with Crippen LogP contribution in [0.5, 0.6) is 0 Å². The van der Waals surface area contributed by atoms with Gasteiger partial charge in [-0.05, 0) is 31.0 Å². The quantitative estimate of drug-likeness (QED) is 0.736. The molecule has 1 N–H and O–H groups in total. The van der Waals surface area contributed by atoms with Crippen LogP contribution < -0.4 is 5.32 Å². The van der Waals surface area contributed by atoms with E-state index in [0.29, 0.717) is 0 Å². The van der Waals surface area contributed by atoms with Crippen LogP contribution in [0.4, 0.5) is 0 Å². The molecule has 1 amide bonds. The Morgan fingerprint density at radius 2 is 2.08 bits per heavy atom. The van der Waals surface area contributed by atoms with Crippen molar-refractivity contribution in [3.05, 3.63) is 34.9 Å². The molecule has 70 valence electrons. The molecule has 0 bridgehead atoms. The van der Waals surface area contributed by atoms with Gasteiger partial charge in [-0.25, -0.2) is 0 Å². The summed E-state index contributed by atoms with van der Waals surface area (Å²) in [5.74, 6) is 0. The number of hydrogen-bond donors (Lipinski definition) is 1. The van der Waals surface area contributed by atoms with Crippen LogP contribution in [-0.4, -0.2) is 12.5 Å². The summed E-state index contributed by atoms with van der Waals surface area (Å²) in [6.45, 7) is 1.96. The van der Waals surface area contributed by atoms with E-state index < -0.39 is 0 Å². The minimum atomic E-state index is 0.165. The van der Waals surface area contributed by atoms with Crippen molar-refractivity contribution < 1.29 is 4.79 Å². The molecular formula is C10H12ClNO. The van der Waals surface area contributed by atoms with Crippen molar-refractivity contribution in [1.82, 2.24) is 5.32 Å². The van der Waals surface area contributed by atoms with Crippen LogP contribution in [0.15, 0.2) is 24.3 Å². The third kappa shape index (κ3) is 3.47. The first-order chi connectivity index (χ1) is 6.22. The third-order valence-electron chi connectivity index (χ3n) is 1.81. The van der Waals surface area contributed by atoms with Crippen LogP contribution in [0.2, 0.25) is 5.02 Å². The number of nitrogens with one attached hydrogen (secondary N) is 1. The van der Waals surface area contributed by atoms with E-state index in [9.17, 15) is 4.79 Å². The summed E-state index contributed by atoms with van der Waals surface area (Å²) in [6.07, 6.45) is 1.55. The molecule has 0 spiro atoms. The van der Waals surface area contributed by atoms with Gasteiger partial charge in [0.15, 0.2) is 0 Å². The fourth-order valence-electron chi connectivity index (χ4n) is 1.15. The number of benzene rings is 1. The van der Waals surface area contributed by atoms with Crippen LogP contribution in [0, 0.1) is 0 Å². The van der Waals surface area contributed by atoms with Gasteiger partial charge in [0.1, 0.15) is 0 Å². The van der Waals surface area contributed by atoms with Gasteiger partial charge in [-0.15, -0.1) is 0 Å². The van der Waals surface area contributed by atoms with Crippen molar-refractivity contribution in [3.8, 4) is 0 Å². The monoisotopic (exact) mass is 197 g/mol. The molecule has 0 aliphatic heterocycles. The summed E-state index contributed by atoms with van der Waals surface area (Å²) >= 11 is 5.74. The van der Waals surface area contributed by atoms with Gasteiger partial charge < -0.3 is 5.32 Å². The zero-order valence-electron chi connectivity index (χ0n) is 7.46. The molecule has 3 heteroatoms. The number of amides is 1. The maximum atomic E-state index is 10.1. The summed E-state index contributed by atoms with van der Waals surface area (Å²) in [6, 6.07) is 7.80. The number of carbonyl (C=O) groups excluding carboxylic acids is 1. The molecule has 1 atom stereocenters. The van der Waals surface area contributed by atoms with Crippen molar-refractivity contribution >= 4 is 18.0 Å². The molecule has 2 nitrogen and oxygen atoms in total. The Bertz CT molecular complexity index is 271. The maximum Gasteiger partial charge on any atom is 0.207 e. The lowest BCUT2D eigenvalue weighted by atomic mass is 10.1. The normalized spacial score (nSPS) is 12.2. The van der Waals surface area contributed by atoms with Gasteiger partial charge in [0, 0.05) is 11.1 Å². The fourth-order valence-corrected chi connectivity index (χ4v) is 1.28. The molecule has 0 heterocycles. The Balaban J connectivity index is 2.53. The molecule has 1 rings (SSSR count). The minimum absolute atomic E-state index is 0.165. The van der Waals surface area contributed by atoms with E-state index in [4.69, 9.17) is 11.6 Å². The lowest BCUT2D eigenvalue weighted by Gasteiger charge is -2.09. The van der Waals surface area contributed by atoms with Gasteiger partial charge in [0.05, 0.1) is 0 Å². The largest absolute Gasteiger partial charge is 0.356 e. The van der Waals surface area contributed by atoms with Gasteiger partial charge in [-0.2, -0.15) is 0 Å². The summed E-state index contributed by atoms with van der Waals surface area (Å²) in [5.41, 5.74) is 1.17. The molecule has 1 aromatic carbocycles. The van der Waals surface area contributed by atoms with Gasteiger partial charge in [-0.3, -0.25) is 4.79 Å². The molecule has 0 saturated heterocycles. The Labute approximate surface area is 82.9 Å². The highest BCUT2D eigenvalue weighted by Crippen LogP contribution is 2.10. The maximum absolute atomic E-state index is 10.1. The second-order valence-electron chi connectivity index (χ2n) is 3.02. The highest BCUT2D eigenvalue weighted by molar-refractivity contribution is 6.30. The first kappa shape index (κ1) is 10.1. The second kappa shape index (κ2) is 4.87. The predicted octanol–water partition coefficient (Wildman–Crippen LogP) is 2.02. The van der Waals surface area contributed by atoms with Crippen LogP contribution in [0.25, 0.3) is 0 Å². The lowest BCUT2D eigenvalue weighted by molar-refractivity contribution is -0.110. The van der Waals surface area contributed by atoms with Gasteiger partial charge in [0.2, 0.25) is 6.41 Å². The van der Waals surface area contributed by atoms with Crippen molar-refractivity contribution in [3.63, 3.8) is 0 Å². The van der Waals surface area contributed by atoms with E-state index in [1.807, 2.05) is 31.2 Å². The predicted molar refractivity (Wildman–Crippen MR) is 53.8 cm³/mol. The number of carbonyl (C=O) groups is 1. The second-order valence-corrected chi connectivity index (χ2v) is 3.45. The van der Waals surface area contributed by atoms with E-state index in [-0.39, 0.29) is 6.04 Å². The average molecular weight is 198 g/mol. The molecular weight excluding hydrogens is 186 g/mol. The lowest BCUT2D eigenvalue weighted by Crippen LogP contribution is -2.26. The molecule has 0 saturated carbocycles. The number of hydrogen-bond acceptors (Lipinski definition) is 1. The van der Waals surface area contributed by atoms with Crippen molar-refractivity contribution in [2.24, 2.45) is 0 Å². The van der Waals surface area contributed by atoms with Crippen molar-refractivity contribution in [2.75, 3.05) is 0 Å². The molecule has 0 aliphatic rings. The topological polar surface area (TPSA) is 29.1 Å². The SMILES string of the molecule is CC(Cc1ccc(Cl)cc1)NC=O. The number of halogens is 1. The Morgan fingerprint density at radius 1 is 1.46 bits per heavy atom. The van der Waals surface area contributed by atoms with E-state index in [1.165, 1.54) is 5.56 Å². The first-order valence-electron chi connectivity index (χ1n) is 4.16. The smallest absolute Gasteiger partial charge is 0.207 e. The molecule has 0 fully saturated rings. The zero-order chi connectivity index (χ0) is 9.68. The molecule has 13 heavy (non-hydrogen) atoms. The van der Waals surface area contributed by atoms with Gasteiger partial charge in [0.25, 0.3) is 0 Å². The molecule has 0 radical (unpaired) electrons. The van der Waals surface area contributed by atoms with Crippen molar-refractivity contribution in [2.45, 2.75) is 19.4 Å². The zero-order valence-corrected chi connectivity index (χ0v) is 8.21. The Kier molecular flexibility index (Phi) is 3.77. The molecule has 1 unspecified atom stereocenters. The molecule has 1 aromatic rings. The van der Waals surface area contributed by atoms with Crippen LogP contribution in [-0.2, 0) is 11.2 Å². The van der Waals surface area contributed by atoms with E-state index >= 15 is 0 Å². The molecule has 0 aliphatic carbocycles. The van der Waals surface area contributed by atoms with Gasteiger partial charge >= 0.3 is 0 Å². The van der Waals surface area contributed by atoms with E-state index in [0.717, 1.165) is 17.9 Å². The van der Waals surface area contributed by atoms with Crippen molar-refractivity contribution in [1.29, 1.82) is 0 Å². The number of rotatable bonds is 4. The minimum Gasteiger partial charge on any atom is -0.356 e. The van der Waals surface area contributed by atoms with Crippen LogP contribution in [0.1, 0.15) is 12.5 Å². The summed E-state index contributed by atoms with van der Waals surface area (Å²) in [7, 11) is 0. The Morgan fingerprint density at radius 3 is 2.62 bits per heavy atom. The standard InChI is InChI=1S/C10H12ClNO/c1-8(12-7-13)6-9-2-4-10(11)5-3-9/h2-5,7-8H,6H2,1H3,(H,12,13). The third-order valence-corrected chi connectivity index (χ3v) is 2.06. The average Bonchev–Trinajstić information content (AvgIpc) is 2.09. The molecule has 0 aromatic heterocycles.